The predicted octanol–water partition coefficient (Wildman–Crippen LogP) is 2.92. The minimum Gasteiger partial charge on any atom is -0.381 e. The van der Waals surface area contributed by atoms with Gasteiger partial charge in [-0.3, -0.25) is 0 Å². The molecule has 0 atom stereocenters. The number of hydrogen-bond donors (Lipinski definition) is 1. The third kappa shape index (κ3) is 3.38. The monoisotopic (exact) mass is 244 g/mol. The first-order valence-corrected chi connectivity index (χ1v) is 7.24. The lowest BCUT2D eigenvalue weighted by Gasteiger charge is -2.28. The van der Waals surface area contributed by atoms with Crippen molar-refractivity contribution >= 4 is 12.6 Å². The minimum atomic E-state index is 0.397. The molecule has 2 rings (SSSR count). The van der Waals surface area contributed by atoms with Crippen molar-refractivity contribution in [2.75, 3.05) is 32.2 Å². The Balaban J connectivity index is 1.66. The normalized spacial score (nSPS) is 26.1. The van der Waals surface area contributed by atoms with E-state index in [9.17, 15) is 0 Å². The van der Waals surface area contributed by atoms with Crippen molar-refractivity contribution < 1.29 is 9.47 Å². The molecule has 0 radical (unpaired) electrons. The van der Waals surface area contributed by atoms with Gasteiger partial charge in [-0.1, -0.05) is 12.8 Å². The fourth-order valence-electron chi connectivity index (χ4n) is 2.83. The lowest BCUT2D eigenvalue weighted by Crippen LogP contribution is -2.28. The molecule has 0 aromatic carbocycles. The second-order valence-corrected chi connectivity index (χ2v) is 5.75. The van der Waals surface area contributed by atoms with Crippen molar-refractivity contribution in [1.82, 2.24) is 0 Å². The van der Waals surface area contributed by atoms with Gasteiger partial charge in [-0.2, -0.15) is 12.6 Å². The van der Waals surface area contributed by atoms with Crippen molar-refractivity contribution in [3.8, 4) is 0 Å². The van der Waals surface area contributed by atoms with E-state index >= 15 is 0 Å². The van der Waals surface area contributed by atoms with Gasteiger partial charge in [-0.25, -0.2) is 0 Å². The van der Waals surface area contributed by atoms with Gasteiger partial charge in [0.1, 0.15) is 0 Å². The highest BCUT2D eigenvalue weighted by molar-refractivity contribution is 7.80. The Morgan fingerprint density at radius 3 is 2.50 bits per heavy atom. The number of hydrogen-bond acceptors (Lipinski definition) is 3. The molecule has 16 heavy (non-hydrogen) atoms. The van der Waals surface area contributed by atoms with Crippen LogP contribution in [0, 0.1) is 11.3 Å². The van der Waals surface area contributed by atoms with Crippen LogP contribution in [-0.2, 0) is 9.47 Å². The van der Waals surface area contributed by atoms with Crippen molar-refractivity contribution in [1.29, 1.82) is 0 Å². The third-order valence-corrected chi connectivity index (χ3v) is 4.77. The summed E-state index contributed by atoms with van der Waals surface area (Å²) in [6.45, 7) is 3.70. The number of ether oxygens (including phenoxy) is 2. The first-order valence-electron chi connectivity index (χ1n) is 6.61. The molecule has 3 heteroatoms. The van der Waals surface area contributed by atoms with Gasteiger partial charge < -0.3 is 9.47 Å². The van der Waals surface area contributed by atoms with Crippen LogP contribution < -0.4 is 0 Å². The molecule has 1 aliphatic carbocycles. The van der Waals surface area contributed by atoms with E-state index in [1.54, 1.807) is 0 Å². The molecule has 2 fully saturated rings. The van der Waals surface area contributed by atoms with Crippen LogP contribution >= 0.6 is 12.6 Å². The summed E-state index contributed by atoms with van der Waals surface area (Å²) in [6.07, 6.45) is 7.69. The van der Waals surface area contributed by atoms with E-state index in [0.29, 0.717) is 5.41 Å². The average molecular weight is 244 g/mol. The van der Waals surface area contributed by atoms with Crippen molar-refractivity contribution in [3.63, 3.8) is 0 Å². The fraction of sp³-hybridized carbons (Fsp3) is 1.00. The van der Waals surface area contributed by atoms with Crippen LogP contribution in [0.1, 0.15) is 38.5 Å². The molecule has 1 saturated heterocycles. The molecule has 0 amide bonds. The zero-order valence-corrected chi connectivity index (χ0v) is 11.0. The highest BCUT2D eigenvalue weighted by atomic mass is 32.1. The average Bonchev–Trinajstić information content (AvgIpc) is 2.80. The van der Waals surface area contributed by atoms with Gasteiger partial charge in [0.25, 0.3) is 0 Å². The molecule has 2 nitrogen and oxygen atoms in total. The number of thiol groups is 1. The van der Waals surface area contributed by atoms with Crippen LogP contribution in [0.2, 0.25) is 0 Å². The Morgan fingerprint density at radius 1 is 1.19 bits per heavy atom. The van der Waals surface area contributed by atoms with Crippen LogP contribution in [0.5, 0.6) is 0 Å². The summed E-state index contributed by atoms with van der Waals surface area (Å²) in [7, 11) is 0. The van der Waals surface area contributed by atoms with Crippen LogP contribution in [0.15, 0.2) is 0 Å². The highest BCUT2D eigenvalue weighted by Gasteiger charge is 2.32. The Bertz CT molecular complexity index is 196. The fourth-order valence-corrected chi connectivity index (χ4v) is 3.24. The lowest BCUT2D eigenvalue weighted by molar-refractivity contribution is -0.00298. The minimum absolute atomic E-state index is 0.397. The largest absolute Gasteiger partial charge is 0.381 e. The molecular formula is C13H24O2S. The molecule has 0 aromatic rings. The first-order chi connectivity index (χ1) is 7.85. The standard InChI is InChI=1S/C13H24O2S/c16-11-13(5-1-2-6-13)10-15-9-12-3-7-14-8-4-12/h12,16H,1-11H2. The Hall–Kier alpha value is 0.270. The van der Waals surface area contributed by atoms with Crippen molar-refractivity contribution in [2.45, 2.75) is 38.5 Å². The summed E-state index contributed by atoms with van der Waals surface area (Å²) < 4.78 is 11.3. The Labute approximate surface area is 104 Å². The molecule has 0 bridgehead atoms. The maximum absolute atomic E-state index is 5.95. The lowest BCUT2D eigenvalue weighted by atomic mass is 9.90. The molecule has 1 saturated carbocycles. The van der Waals surface area contributed by atoms with Crippen LogP contribution in [0.4, 0.5) is 0 Å². The van der Waals surface area contributed by atoms with Gasteiger partial charge in [0.05, 0.1) is 6.61 Å². The molecule has 1 heterocycles. The van der Waals surface area contributed by atoms with E-state index in [1.807, 2.05) is 0 Å². The van der Waals surface area contributed by atoms with E-state index < -0.39 is 0 Å². The van der Waals surface area contributed by atoms with E-state index in [-0.39, 0.29) is 0 Å². The van der Waals surface area contributed by atoms with Crippen molar-refractivity contribution in [3.05, 3.63) is 0 Å². The van der Waals surface area contributed by atoms with Crippen LogP contribution in [0.25, 0.3) is 0 Å². The summed E-state index contributed by atoms with van der Waals surface area (Å²) in [5.74, 6) is 1.72. The molecular weight excluding hydrogens is 220 g/mol. The summed E-state index contributed by atoms with van der Waals surface area (Å²) in [4.78, 5) is 0. The Kier molecular flexibility index (Phi) is 4.98. The summed E-state index contributed by atoms with van der Waals surface area (Å²) in [5.41, 5.74) is 0.397. The van der Waals surface area contributed by atoms with Crippen LogP contribution in [-0.4, -0.2) is 32.2 Å². The molecule has 1 aliphatic heterocycles. The summed E-state index contributed by atoms with van der Waals surface area (Å²) in [6, 6.07) is 0. The van der Waals surface area contributed by atoms with Gasteiger partial charge >= 0.3 is 0 Å². The Morgan fingerprint density at radius 2 is 1.88 bits per heavy atom. The zero-order chi connectivity index (χ0) is 11.3. The SMILES string of the molecule is SCC1(COCC2CCOCC2)CCCC1. The molecule has 0 N–H and O–H groups in total. The topological polar surface area (TPSA) is 18.5 Å². The van der Waals surface area contributed by atoms with E-state index in [0.717, 1.165) is 38.1 Å². The van der Waals surface area contributed by atoms with Gasteiger partial charge in [0.2, 0.25) is 0 Å². The maximum atomic E-state index is 5.95. The zero-order valence-electron chi connectivity index (χ0n) is 10.1. The maximum Gasteiger partial charge on any atom is 0.0530 e. The van der Waals surface area contributed by atoms with Gasteiger partial charge in [0, 0.05) is 25.2 Å². The quantitative estimate of drug-likeness (QED) is 0.750. The summed E-state index contributed by atoms with van der Waals surface area (Å²) in [5, 5.41) is 0. The van der Waals surface area contributed by atoms with E-state index in [2.05, 4.69) is 12.6 Å². The van der Waals surface area contributed by atoms with Gasteiger partial charge in [-0.05, 0) is 37.4 Å². The molecule has 0 aromatic heterocycles. The molecule has 94 valence electrons. The molecule has 2 aliphatic rings. The van der Waals surface area contributed by atoms with Gasteiger partial charge in [-0.15, -0.1) is 0 Å². The summed E-state index contributed by atoms with van der Waals surface area (Å²) >= 11 is 4.50. The number of rotatable bonds is 5. The third-order valence-electron chi connectivity index (χ3n) is 4.10. The van der Waals surface area contributed by atoms with Crippen molar-refractivity contribution in [2.24, 2.45) is 11.3 Å². The molecule has 0 unspecified atom stereocenters. The smallest absolute Gasteiger partial charge is 0.0530 e. The van der Waals surface area contributed by atoms with E-state index in [4.69, 9.17) is 9.47 Å². The van der Waals surface area contributed by atoms with Crippen LogP contribution in [0.3, 0.4) is 0 Å². The first kappa shape index (κ1) is 12.7. The predicted molar refractivity (Wildman–Crippen MR) is 69.1 cm³/mol. The van der Waals surface area contributed by atoms with Gasteiger partial charge in [0.15, 0.2) is 0 Å². The second kappa shape index (κ2) is 6.27. The second-order valence-electron chi connectivity index (χ2n) is 5.44. The highest BCUT2D eigenvalue weighted by Crippen LogP contribution is 2.39. The molecule has 0 spiro atoms. The van der Waals surface area contributed by atoms with E-state index in [1.165, 1.54) is 38.5 Å².